The van der Waals surface area contributed by atoms with Crippen molar-refractivity contribution in [2.75, 3.05) is 32.8 Å². The minimum Gasteiger partial charge on any atom is -0.379 e. The molecule has 1 N–H and O–H groups in total. The predicted molar refractivity (Wildman–Crippen MR) is 55.0 cm³/mol. The van der Waals surface area contributed by atoms with Crippen LogP contribution in [0.25, 0.3) is 0 Å². The molecule has 3 heteroatoms. The molecule has 0 aromatic heterocycles. The first-order valence-electron chi connectivity index (χ1n) is 5.24. The highest BCUT2D eigenvalue weighted by atomic mass is 16.5. The molecule has 13 heavy (non-hydrogen) atoms. The third kappa shape index (κ3) is 4.60. The van der Waals surface area contributed by atoms with Gasteiger partial charge >= 0.3 is 0 Å². The van der Waals surface area contributed by atoms with Crippen LogP contribution in [0.4, 0.5) is 0 Å². The van der Waals surface area contributed by atoms with Crippen molar-refractivity contribution in [1.29, 1.82) is 0 Å². The number of hydrogen-bond donors (Lipinski definition) is 1. The molecule has 3 nitrogen and oxygen atoms in total. The Morgan fingerprint density at radius 1 is 1.23 bits per heavy atom. The second kappa shape index (κ2) is 5.58. The zero-order valence-corrected chi connectivity index (χ0v) is 9.05. The summed E-state index contributed by atoms with van der Waals surface area (Å²) in [6.07, 6.45) is 0. The molecule has 0 radical (unpaired) electrons. The van der Waals surface area contributed by atoms with Crippen molar-refractivity contribution >= 4 is 0 Å². The van der Waals surface area contributed by atoms with Gasteiger partial charge in [-0.2, -0.15) is 0 Å². The van der Waals surface area contributed by atoms with Gasteiger partial charge in [0.05, 0.1) is 13.2 Å². The first-order chi connectivity index (χ1) is 6.18. The summed E-state index contributed by atoms with van der Waals surface area (Å²) in [4.78, 5) is 2.46. The van der Waals surface area contributed by atoms with Gasteiger partial charge < -0.3 is 10.1 Å². The highest BCUT2D eigenvalue weighted by Crippen LogP contribution is 1.98. The van der Waals surface area contributed by atoms with Crippen LogP contribution in [0.2, 0.25) is 0 Å². The van der Waals surface area contributed by atoms with E-state index in [4.69, 9.17) is 4.74 Å². The van der Waals surface area contributed by atoms with Crippen molar-refractivity contribution < 1.29 is 4.74 Å². The van der Waals surface area contributed by atoms with Crippen molar-refractivity contribution in [2.45, 2.75) is 32.9 Å². The molecule has 1 unspecified atom stereocenters. The molecule has 1 atom stereocenters. The van der Waals surface area contributed by atoms with Crippen molar-refractivity contribution in [2.24, 2.45) is 0 Å². The lowest BCUT2D eigenvalue weighted by molar-refractivity contribution is 0.0340. The monoisotopic (exact) mass is 186 g/mol. The van der Waals surface area contributed by atoms with Crippen LogP contribution >= 0.6 is 0 Å². The Labute approximate surface area is 81.4 Å². The molecule has 0 spiro atoms. The Morgan fingerprint density at radius 2 is 1.85 bits per heavy atom. The largest absolute Gasteiger partial charge is 0.379 e. The van der Waals surface area contributed by atoms with E-state index in [0.717, 1.165) is 32.8 Å². The van der Waals surface area contributed by atoms with Gasteiger partial charge in [-0.05, 0) is 6.92 Å². The summed E-state index contributed by atoms with van der Waals surface area (Å²) >= 11 is 0. The van der Waals surface area contributed by atoms with Gasteiger partial charge in [0, 0.05) is 31.7 Å². The predicted octanol–water partition coefficient (Wildman–Crippen LogP) is 0.705. The van der Waals surface area contributed by atoms with E-state index in [-0.39, 0.29) is 0 Å². The van der Waals surface area contributed by atoms with Gasteiger partial charge in [-0.15, -0.1) is 0 Å². The number of hydrogen-bond acceptors (Lipinski definition) is 3. The van der Waals surface area contributed by atoms with Gasteiger partial charge in [-0.3, -0.25) is 4.90 Å². The summed E-state index contributed by atoms with van der Waals surface area (Å²) in [5.74, 6) is 0. The Hall–Kier alpha value is -0.120. The third-order valence-corrected chi connectivity index (χ3v) is 2.25. The highest BCUT2D eigenvalue weighted by Gasteiger charge is 2.13. The summed E-state index contributed by atoms with van der Waals surface area (Å²) in [5, 5.41) is 3.51. The standard InChI is InChI=1S/C10H22N2O/c1-9(2)11-10(3)8-12-4-6-13-7-5-12/h9-11H,4-8H2,1-3H3. The van der Waals surface area contributed by atoms with E-state index in [9.17, 15) is 0 Å². The van der Waals surface area contributed by atoms with Crippen LogP contribution in [0.3, 0.4) is 0 Å². The smallest absolute Gasteiger partial charge is 0.0594 e. The first kappa shape index (κ1) is 11.0. The maximum Gasteiger partial charge on any atom is 0.0594 e. The molecule has 0 aromatic rings. The third-order valence-electron chi connectivity index (χ3n) is 2.25. The van der Waals surface area contributed by atoms with Gasteiger partial charge in [0.25, 0.3) is 0 Å². The lowest BCUT2D eigenvalue weighted by atomic mass is 10.2. The van der Waals surface area contributed by atoms with E-state index in [0.29, 0.717) is 12.1 Å². The van der Waals surface area contributed by atoms with E-state index in [1.54, 1.807) is 0 Å². The van der Waals surface area contributed by atoms with Crippen LogP contribution in [0.15, 0.2) is 0 Å². The number of rotatable bonds is 4. The fourth-order valence-electron chi connectivity index (χ4n) is 1.79. The van der Waals surface area contributed by atoms with Gasteiger partial charge in [-0.1, -0.05) is 13.8 Å². The van der Waals surface area contributed by atoms with Crippen LogP contribution < -0.4 is 5.32 Å². The van der Waals surface area contributed by atoms with E-state index >= 15 is 0 Å². The lowest BCUT2D eigenvalue weighted by Gasteiger charge is -2.30. The number of ether oxygens (including phenoxy) is 1. The minimum atomic E-state index is 0.580. The molecule has 1 saturated heterocycles. The minimum absolute atomic E-state index is 0.580. The average Bonchev–Trinajstić information content (AvgIpc) is 2.04. The van der Waals surface area contributed by atoms with Crippen LogP contribution in [0, 0.1) is 0 Å². The topological polar surface area (TPSA) is 24.5 Å². The van der Waals surface area contributed by atoms with Crippen LogP contribution in [0.5, 0.6) is 0 Å². The second-order valence-corrected chi connectivity index (χ2v) is 4.14. The molecular weight excluding hydrogens is 164 g/mol. The summed E-state index contributed by atoms with van der Waals surface area (Å²) in [6.45, 7) is 11.7. The molecule has 78 valence electrons. The van der Waals surface area contributed by atoms with Crippen molar-refractivity contribution in [3.63, 3.8) is 0 Å². The van der Waals surface area contributed by atoms with Crippen molar-refractivity contribution in [3.05, 3.63) is 0 Å². The molecule has 0 amide bonds. The summed E-state index contributed by atoms with van der Waals surface area (Å²) in [6, 6.07) is 1.16. The molecule has 1 heterocycles. The van der Waals surface area contributed by atoms with Gasteiger partial charge in [-0.25, -0.2) is 0 Å². The molecule has 0 aliphatic carbocycles. The molecule has 1 aliphatic heterocycles. The molecule has 0 bridgehead atoms. The average molecular weight is 186 g/mol. The van der Waals surface area contributed by atoms with Crippen molar-refractivity contribution in [1.82, 2.24) is 10.2 Å². The van der Waals surface area contributed by atoms with E-state index < -0.39 is 0 Å². The van der Waals surface area contributed by atoms with Crippen LogP contribution in [-0.4, -0.2) is 49.8 Å². The molecule has 1 aliphatic rings. The summed E-state index contributed by atoms with van der Waals surface area (Å²) in [7, 11) is 0. The maximum absolute atomic E-state index is 5.30. The van der Waals surface area contributed by atoms with Crippen LogP contribution in [-0.2, 0) is 4.74 Å². The number of nitrogens with zero attached hydrogens (tertiary/aromatic N) is 1. The normalized spacial score (nSPS) is 22.2. The van der Waals surface area contributed by atoms with Crippen molar-refractivity contribution in [3.8, 4) is 0 Å². The summed E-state index contributed by atoms with van der Waals surface area (Å²) in [5.41, 5.74) is 0. The maximum atomic E-state index is 5.30. The zero-order valence-electron chi connectivity index (χ0n) is 9.05. The zero-order chi connectivity index (χ0) is 9.68. The summed E-state index contributed by atoms with van der Waals surface area (Å²) < 4.78 is 5.30. The van der Waals surface area contributed by atoms with E-state index in [1.165, 1.54) is 0 Å². The highest BCUT2D eigenvalue weighted by molar-refractivity contribution is 4.71. The fraction of sp³-hybridized carbons (Fsp3) is 1.00. The molecule has 1 rings (SSSR count). The Bertz CT molecular complexity index is 133. The Morgan fingerprint density at radius 3 is 2.38 bits per heavy atom. The molecule has 0 aromatic carbocycles. The second-order valence-electron chi connectivity index (χ2n) is 4.14. The lowest BCUT2D eigenvalue weighted by Crippen LogP contribution is -2.46. The fourth-order valence-corrected chi connectivity index (χ4v) is 1.79. The molecular formula is C10H22N2O. The SMILES string of the molecule is CC(C)NC(C)CN1CCOCC1. The number of morpholine rings is 1. The van der Waals surface area contributed by atoms with E-state index in [1.807, 2.05) is 0 Å². The van der Waals surface area contributed by atoms with Crippen LogP contribution in [0.1, 0.15) is 20.8 Å². The Kier molecular flexibility index (Phi) is 4.70. The molecule has 0 saturated carbocycles. The first-order valence-corrected chi connectivity index (χ1v) is 5.24. The van der Waals surface area contributed by atoms with Gasteiger partial charge in [0.15, 0.2) is 0 Å². The quantitative estimate of drug-likeness (QED) is 0.699. The van der Waals surface area contributed by atoms with Gasteiger partial charge in [0.2, 0.25) is 0 Å². The Balaban J connectivity index is 2.14. The van der Waals surface area contributed by atoms with E-state index in [2.05, 4.69) is 31.0 Å². The molecule has 1 fully saturated rings. The number of nitrogens with one attached hydrogen (secondary N) is 1. The van der Waals surface area contributed by atoms with Gasteiger partial charge in [0.1, 0.15) is 0 Å².